The molecule has 0 fully saturated rings. The smallest absolute Gasteiger partial charge is 0.141 e. The Morgan fingerprint density at radius 1 is 1.44 bits per heavy atom. The van der Waals surface area contributed by atoms with Crippen LogP contribution in [0.4, 0.5) is 4.39 Å². The summed E-state index contributed by atoms with van der Waals surface area (Å²) >= 11 is 5.15. The van der Waals surface area contributed by atoms with E-state index < -0.39 is 0 Å². The molecule has 1 atom stereocenters. The molecular weight excluding hydrogens is 315 g/mol. The summed E-state index contributed by atoms with van der Waals surface area (Å²) in [6, 6.07) is 3.74. The predicted molar refractivity (Wildman–Crippen MR) is 76.3 cm³/mol. The molecule has 2 aromatic rings. The van der Waals surface area contributed by atoms with Gasteiger partial charge in [-0.05, 0) is 40.2 Å². The van der Waals surface area contributed by atoms with Crippen molar-refractivity contribution in [3.05, 3.63) is 50.6 Å². The van der Waals surface area contributed by atoms with E-state index in [9.17, 15) is 4.39 Å². The number of likely N-dealkylation sites (N-methyl/N-ethyl adjacent to an activating group) is 1. The fourth-order valence-electron chi connectivity index (χ4n) is 1.84. The second-order valence-electron chi connectivity index (χ2n) is 3.98. The normalized spacial score (nSPS) is 12.6. The molecule has 0 radical (unpaired) electrons. The molecule has 2 nitrogen and oxygen atoms in total. The first-order valence-electron chi connectivity index (χ1n) is 5.75. The van der Waals surface area contributed by atoms with E-state index in [1.54, 1.807) is 23.6 Å². The molecule has 0 saturated heterocycles. The maximum atomic E-state index is 13.2. The first-order chi connectivity index (χ1) is 8.69. The van der Waals surface area contributed by atoms with Gasteiger partial charge in [0.25, 0.3) is 0 Å². The fraction of sp³-hybridized carbons (Fsp3) is 0.308. The molecule has 0 aliphatic carbocycles. The van der Waals surface area contributed by atoms with Crippen molar-refractivity contribution in [1.29, 1.82) is 0 Å². The number of aromatic nitrogens is 1. The second kappa shape index (κ2) is 6.41. The maximum Gasteiger partial charge on any atom is 0.141 e. The standard InChI is InChI=1S/C13H14BrFN2S/c1-2-17-13(5-12-4-10(14)8-18-12)9-3-11(15)7-16-6-9/h3-4,6-8,13,17H,2,5H2,1H3. The number of halogens is 2. The number of hydrogen-bond donors (Lipinski definition) is 1. The summed E-state index contributed by atoms with van der Waals surface area (Å²) in [6.45, 7) is 2.89. The van der Waals surface area contributed by atoms with Gasteiger partial charge < -0.3 is 5.32 Å². The van der Waals surface area contributed by atoms with E-state index in [-0.39, 0.29) is 11.9 Å². The highest BCUT2D eigenvalue weighted by molar-refractivity contribution is 9.10. The van der Waals surface area contributed by atoms with Gasteiger partial charge in [0, 0.05) is 33.4 Å². The van der Waals surface area contributed by atoms with Gasteiger partial charge in [-0.2, -0.15) is 0 Å². The summed E-state index contributed by atoms with van der Waals surface area (Å²) in [7, 11) is 0. The van der Waals surface area contributed by atoms with Crippen LogP contribution in [-0.2, 0) is 6.42 Å². The molecule has 2 heterocycles. The number of hydrogen-bond acceptors (Lipinski definition) is 3. The molecule has 18 heavy (non-hydrogen) atoms. The summed E-state index contributed by atoms with van der Waals surface area (Å²) in [4.78, 5) is 5.17. The Morgan fingerprint density at radius 2 is 2.28 bits per heavy atom. The van der Waals surface area contributed by atoms with Crippen molar-refractivity contribution in [3.8, 4) is 0 Å². The van der Waals surface area contributed by atoms with E-state index in [2.05, 4.69) is 37.7 Å². The van der Waals surface area contributed by atoms with Crippen LogP contribution in [0.15, 0.2) is 34.4 Å². The number of rotatable bonds is 5. The third-order valence-electron chi connectivity index (χ3n) is 2.61. The summed E-state index contributed by atoms with van der Waals surface area (Å²) in [5, 5.41) is 5.43. The Labute approximate surface area is 118 Å². The highest BCUT2D eigenvalue weighted by Gasteiger charge is 2.13. The van der Waals surface area contributed by atoms with Crippen molar-refractivity contribution in [2.24, 2.45) is 0 Å². The zero-order chi connectivity index (χ0) is 13.0. The Morgan fingerprint density at radius 3 is 2.89 bits per heavy atom. The molecule has 5 heteroatoms. The van der Waals surface area contributed by atoms with Crippen molar-refractivity contribution in [1.82, 2.24) is 10.3 Å². The van der Waals surface area contributed by atoms with Gasteiger partial charge in [0.1, 0.15) is 5.82 Å². The molecule has 0 amide bonds. The molecule has 96 valence electrons. The van der Waals surface area contributed by atoms with E-state index in [0.717, 1.165) is 23.0 Å². The average molecular weight is 329 g/mol. The molecule has 1 unspecified atom stereocenters. The Balaban J connectivity index is 2.17. The molecule has 2 rings (SSSR count). The van der Waals surface area contributed by atoms with Crippen molar-refractivity contribution in [2.75, 3.05) is 6.54 Å². The fourth-order valence-corrected chi connectivity index (χ4v) is 3.33. The van der Waals surface area contributed by atoms with E-state index in [1.807, 2.05) is 6.92 Å². The SMILES string of the molecule is CCNC(Cc1cc(Br)cs1)c1cncc(F)c1. The number of nitrogens with zero attached hydrogens (tertiary/aromatic N) is 1. The molecule has 0 aromatic carbocycles. The molecule has 2 aromatic heterocycles. The quantitative estimate of drug-likeness (QED) is 0.899. The van der Waals surface area contributed by atoms with E-state index in [4.69, 9.17) is 0 Å². The molecule has 0 saturated carbocycles. The van der Waals surface area contributed by atoms with Crippen LogP contribution < -0.4 is 5.32 Å². The van der Waals surface area contributed by atoms with E-state index in [0.29, 0.717) is 0 Å². The minimum absolute atomic E-state index is 0.101. The van der Waals surface area contributed by atoms with Crippen LogP contribution in [0.2, 0.25) is 0 Å². The summed E-state index contributed by atoms with van der Waals surface area (Å²) in [5.41, 5.74) is 0.890. The highest BCUT2D eigenvalue weighted by atomic mass is 79.9. The topological polar surface area (TPSA) is 24.9 Å². The molecular formula is C13H14BrFN2S. The van der Waals surface area contributed by atoms with Crippen LogP contribution in [0.5, 0.6) is 0 Å². The minimum atomic E-state index is -0.289. The van der Waals surface area contributed by atoms with Gasteiger partial charge in [0.05, 0.1) is 6.20 Å². The van der Waals surface area contributed by atoms with Gasteiger partial charge in [-0.3, -0.25) is 4.98 Å². The summed E-state index contributed by atoms with van der Waals surface area (Å²) in [6.07, 6.45) is 3.79. The van der Waals surface area contributed by atoms with Gasteiger partial charge in [-0.25, -0.2) is 4.39 Å². The third kappa shape index (κ3) is 3.60. The van der Waals surface area contributed by atoms with Crippen LogP contribution in [-0.4, -0.2) is 11.5 Å². The Bertz CT molecular complexity index is 515. The van der Waals surface area contributed by atoms with Crippen LogP contribution in [0.1, 0.15) is 23.4 Å². The largest absolute Gasteiger partial charge is 0.310 e. The van der Waals surface area contributed by atoms with Gasteiger partial charge in [-0.1, -0.05) is 6.92 Å². The van der Waals surface area contributed by atoms with Crippen molar-refractivity contribution >= 4 is 27.3 Å². The van der Waals surface area contributed by atoms with Gasteiger partial charge in [0.15, 0.2) is 0 Å². The lowest BCUT2D eigenvalue weighted by molar-refractivity contribution is 0.542. The molecule has 1 N–H and O–H groups in total. The maximum absolute atomic E-state index is 13.2. The number of pyridine rings is 1. The molecule has 0 bridgehead atoms. The van der Waals surface area contributed by atoms with Crippen LogP contribution in [0, 0.1) is 5.82 Å². The van der Waals surface area contributed by atoms with Crippen LogP contribution in [0.3, 0.4) is 0 Å². The first-order valence-corrected chi connectivity index (χ1v) is 7.43. The second-order valence-corrected chi connectivity index (χ2v) is 5.89. The zero-order valence-corrected chi connectivity index (χ0v) is 12.4. The highest BCUT2D eigenvalue weighted by Crippen LogP contribution is 2.25. The van der Waals surface area contributed by atoms with Gasteiger partial charge >= 0.3 is 0 Å². The van der Waals surface area contributed by atoms with Gasteiger partial charge in [0.2, 0.25) is 0 Å². The molecule has 0 spiro atoms. The minimum Gasteiger partial charge on any atom is -0.310 e. The third-order valence-corrected chi connectivity index (χ3v) is 4.33. The first kappa shape index (κ1) is 13.6. The Hall–Kier alpha value is -0.780. The summed E-state index contributed by atoms with van der Waals surface area (Å²) in [5.74, 6) is -0.289. The molecule has 0 aliphatic rings. The number of thiophene rings is 1. The Kier molecular flexibility index (Phi) is 4.86. The van der Waals surface area contributed by atoms with Gasteiger partial charge in [-0.15, -0.1) is 11.3 Å². The lowest BCUT2D eigenvalue weighted by atomic mass is 10.0. The van der Waals surface area contributed by atoms with Crippen molar-refractivity contribution in [2.45, 2.75) is 19.4 Å². The van der Waals surface area contributed by atoms with Crippen molar-refractivity contribution in [3.63, 3.8) is 0 Å². The number of nitrogens with one attached hydrogen (secondary N) is 1. The lowest BCUT2D eigenvalue weighted by Crippen LogP contribution is -2.22. The van der Waals surface area contributed by atoms with Crippen molar-refractivity contribution < 1.29 is 4.39 Å². The lowest BCUT2D eigenvalue weighted by Gasteiger charge is -2.17. The zero-order valence-electron chi connectivity index (χ0n) is 9.99. The van der Waals surface area contributed by atoms with E-state index >= 15 is 0 Å². The van der Waals surface area contributed by atoms with Crippen LogP contribution >= 0.6 is 27.3 Å². The summed E-state index contributed by atoms with van der Waals surface area (Å²) < 4.78 is 14.3. The average Bonchev–Trinajstić information content (AvgIpc) is 2.74. The predicted octanol–water partition coefficient (Wildman–Crippen LogP) is 3.94. The van der Waals surface area contributed by atoms with Crippen LogP contribution in [0.25, 0.3) is 0 Å². The monoisotopic (exact) mass is 328 g/mol. The van der Waals surface area contributed by atoms with E-state index in [1.165, 1.54) is 11.1 Å². The molecule has 0 aliphatic heterocycles.